The molecule has 1 aromatic carbocycles. The van der Waals surface area contributed by atoms with Gasteiger partial charge in [-0.25, -0.2) is 13.1 Å². The molecular formula is C19H27ClN4O3S. The molecule has 1 fully saturated rings. The van der Waals surface area contributed by atoms with Gasteiger partial charge in [0.2, 0.25) is 5.91 Å². The number of sulfone groups is 1. The maximum Gasteiger partial charge on any atom is 0.224 e. The van der Waals surface area contributed by atoms with Gasteiger partial charge in [0.25, 0.3) is 0 Å². The van der Waals surface area contributed by atoms with Crippen LogP contribution in [0.1, 0.15) is 26.2 Å². The summed E-state index contributed by atoms with van der Waals surface area (Å²) < 4.78 is 25.4. The lowest BCUT2D eigenvalue weighted by atomic mass is 9.85. The van der Waals surface area contributed by atoms with Crippen molar-refractivity contribution in [1.29, 1.82) is 0 Å². The van der Waals surface area contributed by atoms with E-state index in [0.717, 1.165) is 25.9 Å². The third kappa shape index (κ3) is 5.56. The summed E-state index contributed by atoms with van der Waals surface area (Å²) in [6, 6.07) is 6.66. The zero-order chi connectivity index (χ0) is 19.4. The smallest absolute Gasteiger partial charge is 0.224 e. The van der Waals surface area contributed by atoms with Crippen LogP contribution in [-0.2, 0) is 14.6 Å². The Morgan fingerprint density at radius 3 is 2.82 bits per heavy atom. The number of para-hydroxylation sites is 1. The first-order valence-corrected chi connectivity index (χ1v) is 11.1. The number of piperidine rings is 1. The molecule has 2 unspecified atom stereocenters. The van der Waals surface area contributed by atoms with Crippen LogP contribution >= 0.6 is 12.4 Å². The summed E-state index contributed by atoms with van der Waals surface area (Å²) in [6.07, 6.45) is 7.10. The number of carbonyl (C=O) groups is 1. The highest BCUT2D eigenvalue weighted by Gasteiger charge is 2.22. The summed E-state index contributed by atoms with van der Waals surface area (Å²) >= 11 is 0. The Kier molecular flexibility index (Phi) is 7.63. The Balaban J connectivity index is 0.00000280. The Bertz CT molecular complexity index is 907. The van der Waals surface area contributed by atoms with Crippen molar-refractivity contribution in [3.05, 3.63) is 36.7 Å². The number of nitrogens with one attached hydrogen (secondary N) is 2. The molecule has 9 heteroatoms. The molecular weight excluding hydrogens is 400 g/mol. The maximum atomic E-state index is 12.4. The Morgan fingerprint density at radius 2 is 2.14 bits per heavy atom. The van der Waals surface area contributed by atoms with E-state index in [1.807, 2.05) is 0 Å². The van der Waals surface area contributed by atoms with Gasteiger partial charge in [-0.1, -0.05) is 19.1 Å². The molecule has 2 heterocycles. The van der Waals surface area contributed by atoms with Crippen molar-refractivity contribution >= 4 is 33.8 Å². The molecule has 1 saturated heterocycles. The molecule has 7 nitrogen and oxygen atoms in total. The summed E-state index contributed by atoms with van der Waals surface area (Å²) in [5, 5.41) is 10.5. The van der Waals surface area contributed by atoms with Gasteiger partial charge < -0.3 is 10.6 Å². The maximum absolute atomic E-state index is 12.4. The van der Waals surface area contributed by atoms with Crippen molar-refractivity contribution < 1.29 is 13.2 Å². The number of halogens is 1. The first-order valence-electron chi connectivity index (χ1n) is 9.19. The van der Waals surface area contributed by atoms with Crippen LogP contribution in [-0.4, -0.2) is 43.5 Å². The summed E-state index contributed by atoms with van der Waals surface area (Å²) in [5.41, 5.74) is 1.01. The van der Waals surface area contributed by atoms with Crippen LogP contribution in [0.15, 0.2) is 41.6 Å². The van der Waals surface area contributed by atoms with E-state index >= 15 is 0 Å². The first-order chi connectivity index (χ1) is 12.8. The molecule has 2 aromatic rings. The number of amides is 1. The highest BCUT2D eigenvalue weighted by Crippen LogP contribution is 2.24. The molecule has 1 amide bonds. The van der Waals surface area contributed by atoms with Gasteiger partial charge in [-0.3, -0.25) is 4.79 Å². The van der Waals surface area contributed by atoms with Crippen molar-refractivity contribution in [3.8, 4) is 5.69 Å². The summed E-state index contributed by atoms with van der Waals surface area (Å²) in [6.45, 7) is 4.14. The zero-order valence-corrected chi connectivity index (χ0v) is 17.7. The Labute approximate surface area is 172 Å². The highest BCUT2D eigenvalue weighted by molar-refractivity contribution is 7.90. The van der Waals surface area contributed by atoms with Gasteiger partial charge >= 0.3 is 0 Å². The second kappa shape index (κ2) is 9.54. The molecule has 0 radical (unpaired) electrons. The number of hydrogen-bond acceptors (Lipinski definition) is 5. The summed E-state index contributed by atoms with van der Waals surface area (Å²) in [5.74, 6) is 0.775. The van der Waals surface area contributed by atoms with Crippen LogP contribution in [0.25, 0.3) is 5.69 Å². The highest BCUT2D eigenvalue weighted by atomic mass is 35.5. The number of benzene rings is 1. The molecule has 1 aromatic heterocycles. The molecule has 28 heavy (non-hydrogen) atoms. The topological polar surface area (TPSA) is 93.1 Å². The predicted molar refractivity (Wildman–Crippen MR) is 112 cm³/mol. The van der Waals surface area contributed by atoms with Gasteiger partial charge in [0.1, 0.15) is 0 Å². The zero-order valence-electron chi connectivity index (χ0n) is 16.1. The van der Waals surface area contributed by atoms with Crippen molar-refractivity contribution in [1.82, 2.24) is 15.1 Å². The molecule has 1 aliphatic heterocycles. The number of rotatable bonds is 6. The number of carbonyl (C=O) groups excluding carboxylic acids is 1. The van der Waals surface area contributed by atoms with E-state index in [2.05, 4.69) is 22.7 Å². The normalized spacial score (nSPS) is 18.1. The van der Waals surface area contributed by atoms with E-state index in [9.17, 15) is 13.2 Å². The van der Waals surface area contributed by atoms with Crippen LogP contribution < -0.4 is 10.6 Å². The second-order valence-electron chi connectivity index (χ2n) is 7.25. The fourth-order valence-electron chi connectivity index (χ4n) is 3.51. The van der Waals surface area contributed by atoms with Gasteiger partial charge in [-0.15, -0.1) is 12.4 Å². The summed E-state index contributed by atoms with van der Waals surface area (Å²) in [4.78, 5) is 12.6. The quantitative estimate of drug-likeness (QED) is 0.740. The molecule has 0 aliphatic carbocycles. The van der Waals surface area contributed by atoms with Crippen molar-refractivity contribution in [3.63, 3.8) is 0 Å². The average molecular weight is 427 g/mol. The lowest BCUT2D eigenvalue weighted by Gasteiger charge is -2.27. The standard InChI is InChI=1S/C19H26N4O3S.ClH/c1-14(15-6-5-9-20-11-15)10-19(24)22-16-12-21-23(13-16)17-7-3-4-8-18(17)27(2,25)26;/h3-4,7-8,12-15,20H,5-6,9-11H2,1-2H3,(H,22,24);1H. The molecule has 2 atom stereocenters. The van der Waals surface area contributed by atoms with Gasteiger partial charge in [-0.2, -0.15) is 5.10 Å². The molecule has 154 valence electrons. The van der Waals surface area contributed by atoms with E-state index in [4.69, 9.17) is 0 Å². The Morgan fingerprint density at radius 1 is 1.39 bits per heavy atom. The van der Waals surface area contributed by atoms with Crippen molar-refractivity contribution in [2.24, 2.45) is 11.8 Å². The van der Waals surface area contributed by atoms with E-state index in [1.165, 1.54) is 17.1 Å². The lowest BCUT2D eigenvalue weighted by Crippen LogP contribution is -2.34. The molecule has 0 spiro atoms. The average Bonchev–Trinajstić information content (AvgIpc) is 3.10. The number of anilines is 1. The van der Waals surface area contributed by atoms with Crippen LogP contribution in [0.4, 0.5) is 5.69 Å². The monoisotopic (exact) mass is 426 g/mol. The first kappa shape index (κ1) is 22.4. The molecule has 0 bridgehead atoms. The molecule has 3 rings (SSSR count). The van der Waals surface area contributed by atoms with Gasteiger partial charge in [0, 0.05) is 12.7 Å². The van der Waals surface area contributed by atoms with Gasteiger partial charge in [-0.05, 0) is 49.9 Å². The number of aromatic nitrogens is 2. The van der Waals surface area contributed by atoms with E-state index < -0.39 is 9.84 Å². The minimum Gasteiger partial charge on any atom is -0.323 e. The fraction of sp³-hybridized carbons (Fsp3) is 0.474. The van der Waals surface area contributed by atoms with Crippen molar-refractivity contribution in [2.45, 2.75) is 31.1 Å². The fourth-order valence-corrected chi connectivity index (χ4v) is 4.38. The molecule has 1 aliphatic rings. The summed E-state index contributed by atoms with van der Waals surface area (Å²) in [7, 11) is -3.38. The number of nitrogens with zero attached hydrogens (tertiary/aromatic N) is 2. The molecule has 0 saturated carbocycles. The SMILES string of the molecule is CC(CC(=O)Nc1cnn(-c2ccccc2S(C)(=O)=O)c1)C1CCCNC1.Cl. The largest absolute Gasteiger partial charge is 0.323 e. The minimum atomic E-state index is -3.38. The van der Waals surface area contributed by atoms with E-state index in [1.54, 1.807) is 30.5 Å². The van der Waals surface area contributed by atoms with Crippen LogP contribution in [0.3, 0.4) is 0 Å². The van der Waals surface area contributed by atoms with Gasteiger partial charge in [0.15, 0.2) is 9.84 Å². The Hall–Kier alpha value is -1.90. The minimum absolute atomic E-state index is 0. The predicted octanol–water partition coefficient (Wildman–Crippen LogP) is 2.66. The third-order valence-corrected chi connectivity index (χ3v) is 6.17. The van der Waals surface area contributed by atoms with Crippen LogP contribution in [0.2, 0.25) is 0 Å². The van der Waals surface area contributed by atoms with E-state index in [-0.39, 0.29) is 23.2 Å². The van der Waals surface area contributed by atoms with E-state index in [0.29, 0.717) is 29.6 Å². The van der Waals surface area contributed by atoms with Crippen molar-refractivity contribution in [2.75, 3.05) is 24.7 Å². The molecule has 2 N–H and O–H groups in total. The second-order valence-corrected chi connectivity index (χ2v) is 9.23. The van der Waals surface area contributed by atoms with Gasteiger partial charge in [0.05, 0.1) is 28.7 Å². The third-order valence-electron chi connectivity index (χ3n) is 5.03. The lowest BCUT2D eigenvalue weighted by molar-refractivity contribution is -0.117. The van der Waals surface area contributed by atoms with Crippen LogP contribution in [0, 0.1) is 11.8 Å². The van der Waals surface area contributed by atoms with Crippen LogP contribution in [0.5, 0.6) is 0 Å². The number of hydrogen-bond donors (Lipinski definition) is 2.